The first kappa shape index (κ1) is 15.7. The topological polar surface area (TPSA) is 82.8 Å². The van der Waals surface area contributed by atoms with E-state index in [0.29, 0.717) is 23.4 Å². The van der Waals surface area contributed by atoms with Crippen LogP contribution in [0.25, 0.3) is 11.3 Å². The molecule has 3 aromatic rings. The molecule has 0 unspecified atom stereocenters. The third-order valence-electron chi connectivity index (χ3n) is 3.16. The van der Waals surface area contributed by atoms with Crippen LogP contribution in [0.2, 0.25) is 0 Å². The van der Waals surface area contributed by atoms with Crippen molar-refractivity contribution in [3.05, 3.63) is 64.7 Å². The van der Waals surface area contributed by atoms with Gasteiger partial charge in [-0.25, -0.2) is 19.0 Å². The highest BCUT2D eigenvalue weighted by atomic mass is 19.1. The molecule has 3 aromatic heterocycles. The average molecular weight is 327 g/mol. The molecule has 0 N–H and O–H groups in total. The van der Waals surface area contributed by atoms with Crippen molar-refractivity contribution in [2.45, 2.75) is 13.5 Å². The normalized spacial score (nSPS) is 10.6. The lowest BCUT2D eigenvalue weighted by atomic mass is 10.2. The van der Waals surface area contributed by atoms with Crippen molar-refractivity contribution in [3.8, 4) is 17.3 Å². The molecular formula is C16H14FN5O2. The molecule has 122 valence electrons. The van der Waals surface area contributed by atoms with Crippen molar-refractivity contribution >= 4 is 0 Å². The molecule has 0 amide bonds. The second kappa shape index (κ2) is 6.95. The van der Waals surface area contributed by atoms with Gasteiger partial charge in [0.05, 0.1) is 25.0 Å². The van der Waals surface area contributed by atoms with Crippen LogP contribution in [0.5, 0.6) is 6.01 Å². The zero-order valence-electron chi connectivity index (χ0n) is 12.9. The van der Waals surface area contributed by atoms with Crippen molar-refractivity contribution < 1.29 is 9.13 Å². The van der Waals surface area contributed by atoms with Crippen LogP contribution in [-0.2, 0) is 6.54 Å². The largest absolute Gasteiger partial charge is 0.464 e. The molecule has 0 aliphatic carbocycles. The molecule has 7 nitrogen and oxygen atoms in total. The molecule has 0 saturated carbocycles. The number of ether oxygens (including phenoxy) is 1. The Kier molecular flexibility index (Phi) is 4.55. The summed E-state index contributed by atoms with van der Waals surface area (Å²) in [6.07, 6.45) is 5.73. The average Bonchev–Trinajstić information content (AvgIpc) is 2.58. The van der Waals surface area contributed by atoms with Gasteiger partial charge in [-0.3, -0.25) is 9.78 Å². The molecule has 0 fully saturated rings. The van der Waals surface area contributed by atoms with Gasteiger partial charge in [0.15, 0.2) is 0 Å². The summed E-state index contributed by atoms with van der Waals surface area (Å²) in [4.78, 5) is 23.9. The fourth-order valence-corrected chi connectivity index (χ4v) is 2.08. The highest BCUT2D eigenvalue weighted by Gasteiger charge is 2.07. The summed E-state index contributed by atoms with van der Waals surface area (Å²) in [6, 6.07) is 4.57. The van der Waals surface area contributed by atoms with Crippen LogP contribution in [0.4, 0.5) is 4.39 Å². The molecule has 0 aromatic carbocycles. The van der Waals surface area contributed by atoms with Gasteiger partial charge in [-0.2, -0.15) is 5.10 Å². The van der Waals surface area contributed by atoms with Crippen LogP contribution in [0.15, 0.2) is 47.8 Å². The van der Waals surface area contributed by atoms with Gasteiger partial charge in [0.2, 0.25) is 0 Å². The van der Waals surface area contributed by atoms with Gasteiger partial charge in [-0.05, 0) is 24.6 Å². The van der Waals surface area contributed by atoms with E-state index in [1.165, 1.54) is 23.0 Å². The summed E-state index contributed by atoms with van der Waals surface area (Å²) in [5, 5.41) is 4.28. The van der Waals surface area contributed by atoms with Crippen LogP contribution >= 0.6 is 0 Å². The van der Waals surface area contributed by atoms with Gasteiger partial charge >= 0.3 is 6.01 Å². The summed E-state index contributed by atoms with van der Waals surface area (Å²) >= 11 is 0. The van der Waals surface area contributed by atoms with Crippen LogP contribution < -0.4 is 10.3 Å². The Morgan fingerprint density at radius 1 is 1.17 bits per heavy atom. The predicted octanol–water partition coefficient (Wildman–Crippen LogP) is 1.68. The molecular weight excluding hydrogens is 313 g/mol. The number of halogens is 1. The number of aromatic nitrogens is 5. The molecule has 0 radical (unpaired) electrons. The van der Waals surface area contributed by atoms with E-state index in [1.807, 2.05) is 6.92 Å². The highest BCUT2D eigenvalue weighted by molar-refractivity contribution is 5.55. The molecule has 3 heterocycles. The number of hydrogen-bond donors (Lipinski definition) is 0. The number of pyridine rings is 1. The Bertz CT molecular complexity index is 895. The number of nitrogens with zero attached hydrogens (tertiary/aromatic N) is 5. The summed E-state index contributed by atoms with van der Waals surface area (Å²) < 4.78 is 19.6. The molecule has 24 heavy (non-hydrogen) atoms. The minimum absolute atomic E-state index is 0.120. The molecule has 8 heteroatoms. The summed E-state index contributed by atoms with van der Waals surface area (Å²) in [6.45, 7) is 2.44. The quantitative estimate of drug-likeness (QED) is 0.709. The fraction of sp³-hybridized carbons (Fsp3) is 0.188. The van der Waals surface area contributed by atoms with Gasteiger partial charge in [0, 0.05) is 30.2 Å². The van der Waals surface area contributed by atoms with Gasteiger partial charge in [-0.15, -0.1) is 0 Å². The summed E-state index contributed by atoms with van der Waals surface area (Å²) in [5.74, 6) is -0.461. The standard InChI is InChI=1S/C16H14FN5O2/c1-2-24-16-19-7-12(8-20-16)14-3-4-15(23)22(21-14)10-11-5-13(17)9-18-6-11/h3-9H,2,10H2,1H3. The predicted molar refractivity (Wildman–Crippen MR) is 84.0 cm³/mol. The zero-order valence-corrected chi connectivity index (χ0v) is 12.9. The smallest absolute Gasteiger partial charge is 0.316 e. The first-order valence-electron chi connectivity index (χ1n) is 7.28. The molecule has 0 bridgehead atoms. The molecule has 0 saturated heterocycles. The van der Waals surface area contributed by atoms with E-state index in [-0.39, 0.29) is 18.1 Å². The zero-order chi connectivity index (χ0) is 16.9. The van der Waals surface area contributed by atoms with Gasteiger partial charge in [0.25, 0.3) is 5.56 Å². The molecule has 0 atom stereocenters. The highest BCUT2D eigenvalue weighted by Crippen LogP contribution is 2.15. The number of rotatable bonds is 5. The van der Waals surface area contributed by atoms with Crippen LogP contribution in [-0.4, -0.2) is 31.3 Å². The monoisotopic (exact) mass is 327 g/mol. The maximum atomic E-state index is 13.2. The Labute approximate surface area is 136 Å². The van der Waals surface area contributed by atoms with E-state index in [1.54, 1.807) is 18.5 Å². The molecule has 0 spiro atoms. The Morgan fingerprint density at radius 3 is 2.67 bits per heavy atom. The lowest BCUT2D eigenvalue weighted by molar-refractivity contribution is 0.312. The van der Waals surface area contributed by atoms with Crippen LogP contribution in [0.1, 0.15) is 12.5 Å². The summed E-state index contributed by atoms with van der Waals surface area (Å²) in [5.41, 5.74) is 1.42. The SMILES string of the molecule is CCOc1ncc(-c2ccc(=O)n(Cc3cncc(F)c3)n2)cn1. The van der Waals surface area contributed by atoms with Crippen LogP contribution in [0, 0.1) is 5.82 Å². The van der Waals surface area contributed by atoms with Crippen molar-refractivity contribution in [1.29, 1.82) is 0 Å². The summed E-state index contributed by atoms with van der Waals surface area (Å²) in [7, 11) is 0. The minimum Gasteiger partial charge on any atom is -0.464 e. The van der Waals surface area contributed by atoms with Gasteiger partial charge in [-0.1, -0.05) is 0 Å². The van der Waals surface area contributed by atoms with Gasteiger partial charge < -0.3 is 4.74 Å². The van der Waals surface area contributed by atoms with Crippen molar-refractivity contribution in [3.63, 3.8) is 0 Å². The maximum Gasteiger partial charge on any atom is 0.316 e. The van der Waals surface area contributed by atoms with E-state index in [0.717, 1.165) is 6.20 Å². The fourth-order valence-electron chi connectivity index (χ4n) is 2.08. The molecule has 0 aliphatic rings. The third kappa shape index (κ3) is 3.60. The Balaban J connectivity index is 1.89. The number of hydrogen-bond acceptors (Lipinski definition) is 6. The lowest BCUT2D eigenvalue weighted by Crippen LogP contribution is -2.23. The van der Waals surface area contributed by atoms with Crippen molar-refractivity contribution in [2.24, 2.45) is 0 Å². The van der Waals surface area contributed by atoms with Crippen molar-refractivity contribution in [1.82, 2.24) is 24.7 Å². The third-order valence-corrected chi connectivity index (χ3v) is 3.16. The second-order valence-corrected chi connectivity index (χ2v) is 4.91. The molecule has 0 aliphatic heterocycles. The Morgan fingerprint density at radius 2 is 1.96 bits per heavy atom. The van der Waals surface area contributed by atoms with E-state index in [9.17, 15) is 9.18 Å². The second-order valence-electron chi connectivity index (χ2n) is 4.91. The minimum atomic E-state index is -0.461. The molecule has 3 rings (SSSR count). The lowest BCUT2D eigenvalue weighted by Gasteiger charge is -2.07. The van der Waals surface area contributed by atoms with E-state index in [2.05, 4.69) is 20.1 Å². The van der Waals surface area contributed by atoms with Crippen LogP contribution in [0.3, 0.4) is 0 Å². The van der Waals surface area contributed by atoms with Gasteiger partial charge in [0.1, 0.15) is 5.82 Å². The van der Waals surface area contributed by atoms with E-state index < -0.39 is 5.82 Å². The van der Waals surface area contributed by atoms with E-state index in [4.69, 9.17) is 4.74 Å². The van der Waals surface area contributed by atoms with E-state index >= 15 is 0 Å². The first-order chi connectivity index (χ1) is 11.7. The van der Waals surface area contributed by atoms with Crippen molar-refractivity contribution in [2.75, 3.05) is 6.61 Å². The first-order valence-corrected chi connectivity index (χ1v) is 7.28. The maximum absolute atomic E-state index is 13.2. The Hall–Kier alpha value is -3.16.